The van der Waals surface area contributed by atoms with Crippen LogP contribution in [0.2, 0.25) is 0 Å². The Bertz CT molecular complexity index is 773. The van der Waals surface area contributed by atoms with Crippen molar-refractivity contribution in [3.8, 4) is 0 Å². The van der Waals surface area contributed by atoms with Crippen LogP contribution in [0.25, 0.3) is 0 Å². The van der Waals surface area contributed by atoms with Gasteiger partial charge in [0.1, 0.15) is 0 Å². The average molecular weight is 410 g/mol. The molecule has 3 rings (SSSR count). The molecule has 0 aromatic heterocycles. The molecule has 0 spiro atoms. The van der Waals surface area contributed by atoms with Crippen LogP contribution in [-0.2, 0) is 6.54 Å². The Morgan fingerprint density at radius 2 is 2.00 bits per heavy atom. The highest BCUT2D eigenvalue weighted by atomic mass is 35.5. The fourth-order valence-corrected chi connectivity index (χ4v) is 3.86. The maximum Gasteiger partial charge on any atom is 0.283 e. The first kappa shape index (κ1) is 21.7. The Morgan fingerprint density at radius 1 is 1.26 bits per heavy atom. The van der Waals surface area contributed by atoms with Gasteiger partial charge in [0.15, 0.2) is 0 Å². The number of aryl methyl sites for hydroxylation is 1. The van der Waals surface area contributed by atoms with E-state index in [-0.39, 0.29) is 35.0 Å². The molecule has 1 aliphatic rings. The predicted octanol–water partition coefficient (Wildman–Crippen LogP) is 3.15. The van der Waals surface area contributed by atoms with Crippen LogP contribution in [0.15, 0.2) is 52.3 Å². The lowest BCUT2D eigenvalue weighted by Gasteiger charge is -2.14. The molecular weight excluding hydrogens is 386 g/mol. The van der Waals surface area contributed by atoms with Crippen molar-refractivity contribution in [2.75, 3.05) is 19.6 Å². The number of β-amino-alcohol motifs (C(OH)–C–C–N with tert-alkyl or cyclic N) is 1. The zero-order valence-corrected chi connectivity index (χ0v) is 16.7. The standard InChI is InChI=1S/C19H23N3O3S.ClH/c1-13-2-5-16(6-3-13)26-19-7-4-14(8-17(19)22(24)25)9-20-10-15-11-21-12-18(15)23;/h2-8,15,18,20-21,23H,9-12H2,1H3;1H. The highest BCUT2D eigenvalue weighted by molar-refractivity contribution is 7.99. The molecule has 1 fully saturated rings. The zero-order valence-electron chi connectivity index (χ0n) is 15.1. The van der Waals surface area contributed by atoms with Gasteiger partial charge in [-0.15, -0.1) is 12.4 Å². The SMILES string of the molecule is Cc1ccc(Sc2ccc(CNCC3CNCC3O)cc2[N+](=O)[O-])cc1.Cl. The maximum atomic E-state index is 11.5. The number of hydrogen-bond donors (Lipinski definition) is 3. The minimum atomic E-state index is -0.329. The van der Waals surface area contributed by atoms with Gasteiger partial charge in [-0.25, -0.2) is 0 Å². The Morgan fingerprint density at radius 3 is 2.63 bits per heavy atom. The third-order valence-corrected chi connectivity index (χ3v) is 5.58. The summed E-state index contributed by atoms with van der Waals surface area (Å²) in [5.41, 5.74) is 2.15. The van der Waals surface area contributed by atoms with E-state index in [1.165, 1.54) is 11.8 Å². The van der Waals surface area contributed by atoms with Crippen molar-refractivity contribution in [2.45, 2.75) is 29.4 Å². The van der Waals surface area contributed by atoms with Crippen molar-refractivity contribution in [2.24, 2.45) is 5.92 Å². The van der Waals surface area contributed by atoms with Crippen molar-refractivity contribution in [3.05, 3.63) is 63.7 Å². The summed E-state index contributed by atoms with van der Waals surface area (Å²) in [6.45, 7) is 4.66. The van der Waals surface area contributed by atoms with Crippen LogP contribution in [0, 0.1) is 23.0 Å². The van der Waals surface area contributed by atoms with Crippen molar-refractivity contribution in [1.82, 2.24) is 10.6 Å². The van der Waals surface area contributed by atoms with Gasteiger partial charge in [-0.2, -0.15) is 0 Å². The van der Waals surface area contributed by atoms with Gasteiger partial charge < -0.3 is 15.7 Å². The van der Waals surface area contributed by atoms with E-state index in [2.05, 4.69) is 10.6 Å². The highest BCUT2D eigenvalue weighted by Crippen LogP contribution is 2.35. The van der Waals surface area contributed by atoms with Crippen molar-refractivity contribution < 1.29 is 10.0 Å². The molecule has 0 saturated carbocycles. The van der Waals surface area contributed by atoms with Crippen molar-refractivity contribution in [1.29, 1.82) is 0 Å². The van der Waals surface area contributed by atoms with E-state index < -0.39 is 0 Å². The first-order valence-corrected chi connectivity index (χ1v) is 9.46. The molecule has 146 valence electrons. The monoisotopic (exact) mass is 409 g/mol. The largest absolute Gasteiger partial charge is 0.391 e. The summed E-state index contributed by atoms with van der Waals surface area (Å²) < 4.78 is 0. The molecule has 1 aliphatic heterocycles. The minimum Gasteiger partial charge on any atom is -0.391 e. The van der Waals surface area contributed by atoms with Crippen molar-refractivity contribution >= 4 is 29.9 Å². The molecule has 2 aromatic carbocycles. The molecule has 6 nitrogen and oxygen atoms in total. The molecule has 0 amide bonds. The number of rotatable bonds is 7. The lowest BCUT2D eigenvalue weighted by Crippen LogP contribution is -2.30. The van der Waals surface area contributed by atoms with Gasteiger partial charge in [0, 0.05) is 43.1 Å². The minimum absolute atomic E-state index is 0. The number of nitrogens with zero attached hydrogens (tertiary/aromatic N) is 1. The van der Waals surface area contributed by atoms with Gasteiger partial charge in [-0.05, 0) is 30.7 Å². The van der Waals surface area contributed by atoms with Crippen LogP contribution in [0.1, 0.15) is 11.1 Å². The number of nitrogens with one attached hydrogen (secondary N) is 2. The third-order valence-electron chi connectivity index (χ3n) is 4.51. The molecular formula is C19H24ClN3O3S. The first-order valence-electron chi connectivity index (χ1n) is 8.64. The Balaban J connectivity index is 0.00000261. The van der Waals surface area contributed by atoms with E-state index in [0.29, 0.717) is 24.5 Å². The lowest BCUT2D eigenvalue weighted by atomic mass is 10.1. The predicted molar refractivity (Wildman–Crippen MR) is 110 cm³/mol. The third kappa shape index (κ3) is 5.92. The number of aliphatic hydroxyl groups excluding tert-OH is 1. The van der Waals surface area contributed by atoms with Gasteiger partial charge in [0.2, 0.25) is 0 Å². The molecule has 2 aromatic rings. The number of benzene rings is 2. The Labute approximate surface area is 169 Å². The van der Waals surface area contributed by atoms with E-state index in [1.54, 1.807) is 6.07 Å². The van der Waals surface area contributed by atoms with E-state index >= 15 is 0 Å². The first-order chi connectivity index (χ1) is 12.5. The summed E-state index contributed by atoms with van der Waals surface area (Å²) in [5.74, 6) is 0.182. The number of hydrogen-bond acceptors (Lipinski definition) is 6. The van der Waals surface area contributed by atoms with E-state index in [9.17, 15) is 15.2 Å². The van der Waals surface area contributed by atoms with Crippen LogP contribution in [0.4, 0.5) is 5.69 Å². The zero-order chi connectivity index (χ0) is 18.5. The number of nitro groups is 1. The van der Waals surface area contributed by atoms with Crippen LogP contribution < -0.4 is 10.6 Å². The summed E-state index contributed by atoms with van der Waals surface area (Å²) in [7, 11) is 0. The second kappa shape index (κ2) is 10.1. The summed E-state index contributed by atoms with van der Waals surface area (Å²) in [5, 5.41) is 27.7. The van der Waals surface area contributed by atoms with E-state index in [4.69, 9.17) is 0 Å². The molecule has 1 saturated heterocycles. The van der Waals surface area contributed by atoms with Gasteiger partial charge in [0.05, 0.1) is 15.9 Å². The second-order valence-electron chi connectivity index (χ2n) is 6.59. The molecule has 0 aliphatic carbocycles. The van der Waals surface area contributed by atoms with Gasteiger partial charge in [-0.3, -0.25) is 10.1 Å². The molecule has 1 heterocycles. The topological polar surface area (TPSA) is 87.4 Å². The molecule has 3 N–H and O–H groups in total. The van der Waals surface area contributed by atoms with Gasteiger partial charge in [-0.1, -0.05) is 35.5 Å². The van der Waals surface area contributed by atoms with Gasteiger partial charge in [0.25, 0.3) is 5.69 Å². The molecule has 8 heteroatoms. The van der Waals surface area contributed by atoms with Crippen LogP contribution >= 0.6 is 24.2 Å². The molecule has 0 bridgehead atoms. The summed E-state index contributed by atoms with van der Waals surface area (Å²) >= 11 is 1.40. The highest BCUT2D eigenvalue weighted by Gasteiger charge is 2.24. The summed E-state index contributed by atoms with van der Waals surface area (Å²) in [6, 6.07) is 13.3. The van der Waals surface area contributed by atoms with Gasteiger partial charge >= 0.3 is 0 Å². The van der Waals surface area contributed by atoms with Crippen molar-refractivity contribution in [3.63, 3.8) is 0 Å². The molecule has 27 heavy (non-hydrogen) atoms. The Kier molecular flexibility index (Phi) is 8.07. The van der Waals surface area contributed by atoms with E-state index in [1.807, 2.05) is 43.3 Å². The molecule has 2 atom stereocenters. The maximum absolute atomic E-state index is 11.5. The van der Waals surface area contributed by atoms with Crippen LogP contribution in [-0.4, -0.2) is 35.8 Å². The van der Waals surface area contributed by atoms with E-state index in [0.717, 1.165) is 22.6 Å². The Hall–Kier alpha value is -1.64. The normalized spacial score (nSPS) is 18.9. The fraction of sp³-hybridized carbons (Fsp3) is 0.368. The fourth-order valence-electron chi connectivity index (χ4n) is 2.96. The average Bonchev–Trinajstić information content (AvgIpc) is 3.03. The summed E-state index contributed by atoms with van der Waals surface area (Å²) in [4.78, 5) is 12.8. The molecule has 0 radical (unpaired) electrons. The number of halogens is 1. The number of aliphatic hydroxyl groups is 1. The van der Waals surface area contributed by atoms with Crippen LogP contribution in [0.3, 0.4) is 0 Å². The van der Waals surface area contributed by atoms with Crippen LogP contribution in [0.5, 0.6) is 0 Å². The smallest absolute Gasteiger partial charge is 0.283 e. The quantitative estimate of drug-likeness (QED) is 0.481. The lowest BCUT2D eigenvalue weighted by molar-refractivity contribution is -0.387. The second-order valence-corrected chi connectivity index (χ2v) is 7.71. The summed E-state index contributed by atoms with van der Waals surface area (Å²) in [6.07, 6.45) is -0.329. The number of nitro benzene ring substituents is 1. The molecule has 2 unspecified atom stereocenters.